The molecule has 1 fully saturated rings. The van der Waals surface area contributed by atoms with E-state index in [4.69, 9.17) is 5.73 Å². The number of likely N-dealkylation sites (tertiary alicyclic amines) is 1. The standard InChI is InChI=1S/C16H22BrN3O2/c1-11(10-18)16(22)20-8-6-12(7-9-20)15(21)19-14-4-2-13(17)3-5-14/h2-5,11-12H,6-10,18H2,1H3,(H,19,21). The van der Waals surface area contributed by atoms with Gasteiger partial charge in [0.15, 0.2) is 0 Å². The monoisotopic (exact) mass is 367 g/mol. The molecule has 1 atom stereocenters. The Kier molecular flexibility index (Phi) is 5.97. The molecular formula is C16H22BrN3O2. The molecule has 1 unspecified atom stereocenters. The topological polar surface area (TPSA) is 75.4 Å². The van der Waals surface area contributed by atoms with Gasteiger partial charge in [0.1, 0.15) is 0 Å². The molecule has 1 aliphatic heterocycles. The summed E-state index contributed by atoms with van der Waals surface area (Å²) in [5.74, 6) is -0.0652. The van der Waals surface area contributed by atoms with Crippen LogP contribution in [0.4, 0.5) is 5.69 Å². The van der Waals surface area contributed by atoms with Gasteiger partial charge in [-0.25, -0.2) is 0 Å². The maximum atomic E-state index is 12.3. The molecule has 0 aliphatic carbocycles. The van der Waals surface area contributed by atoms with E-state index in [0.717, 1.165) is 10.2 Å². The molecule has 2 rings (SSSR count). The molecule has 0 radical (unpaired) electrons. The number of halogens is 1. The van der Waals surface area contributed by atoms with Crippen molar-refractivity contribution in [3.63, 3.8) is 0 Å². The molecule has 0 aromatic heterocycles. The Balaban J connectivity index is 1.84. The highest BCUT2D eigenvalue weighted by molar-refractivity contribution is 9.10. The number of nitrogens with two attached hydrogens (primary N) is 1. The average molecular weight is 368 g/mol. The van der Waals surface area contributed by atoms with Gasteiger partial charge in [-0.3, -0.25) is 9.59 Å². The average Bonchev–Trinajstić information content (AvgIpc) is 2.55. The predicted molar refractivity (Wildman–Crippen MR) is 90.3 cm³/mol. The minimum atomic E-state index is -0.145. The first-order chi connectivity index (χ1) is 10.5. The number of amides is 2. The van der Waals surface area contributed by atoms with Crippen molar-refractivity contribution in [2.45, 2.75) is 19.8 Å². The zero-order valence-corrected chi connectivity index (χ0v) is 14.3. The summed E-state index contributed by atoms with van der Waals surface area (Å²) in [4.78, 5) is 26.2. The van der Waals surface area contributed by atoms with E-state index in [-0.39, 0.29) is 23.7 Å². The van der Waals surface area contributed by atoms with E-state index < -0.39 is 0 Å². The van der Waals surface area contributed by atoms with Gasteiger partial charge in [-0.1, -0.05) is 22.9 Å². The first kappa shape index (κ1) is 17.0. The summed E-state index contributed by atoms with van der Waals surface area (Å²) in [6, 6.07) is 7.52. The van der Waals surface area contributed by atoms with Crippen molar-refractivity contribution < 1.29 is 9.59 Å². The van der Waals surface area contributed by atoms with Crippen molar-refractivity contribution >= 4 is 33.4 Å². The Morgan fingerprint density at radius 3 is 2.45 bits per heavy atom. The van der Waals surface area contributed by atoms with Crippen LogP contribution in [0.5, 0.6) is 0 Å². The van der Waals surface area contributed by atoms with Gasteiger partial charge in [-0.15, -0.1) is 0 Å². The largest absolute Gasteiger partial charge is 0.342 e. The van der Waals surface area contributed by atoms with Crippen LogP contribution in [0, 0.1) is 11.8 Å². The third-order valence-corrected chi connectivity index (χ3v) is 4.59. The molecule has 1 aromatic rings. The second-order valence-corrected chi connectivity index (χ2v) is 6.65. The van der Waals surface area contributed by atoms with Crippen LogP contribution in [-0.4, -0.2) is 36.3 Å². The molecule has 6 heteroatoms. The van der Waals surface area contributed by atoms with Crippen molar-refractivity contribution in [3.05, 3.63) is 28.7 Å². The highest BCUT2D eigenvalue weighted by Crippen LogP contribution is 2.21. The highest BCUT2D eigenvalue weighted by Gasteiger charge is 2.28. The molecule has 3 N–H and O–H groups in total. The molecule has 1 aromatic carbocycles. The molecule has 0 bridgehead atoms. The van der Waals surface area contributed by atoms with Crippen LogP contribution in [0.3, 0.4) is 0 Å². The molecule has 120 valence electrons. The third kappa shape index (κ3) is 4.30. The highest BCUT2D eigenvalue weighted by atomic mass is 79.9. The SMILES string of the molecule is CC(CN)C(=O)N1CCC(C(=O)Nc2ccc(Br)cc2)CC1. The number of carbonyl (C=O) groups excluding carboxylic acids is 2. The lowest BCUT2D eigenvalue weighted by atomic mass is 9.95. The lowest BCUT2D eigenvalue weighted by Gasteiger charge is -2.32. The molecule has 1 aliphatic rings. The Morgan fingerprint density at radius 2 is 1.91 bits per heavy atom. The lowest BCUT2D eigenvalue weighted by molar-refractivity contribution is -0.137. The van der Waals surface area contributed by atoms with Crippen LogP contribution in [0.2, 0.25) is 0 Å². The smallest absolute Gasteiger partial charge is 0.227 e. The number of rotatable bonds is 4. The third-order valence-electron chi connectivity index (χ3n) is 4.06. The van der Waals surface area contributed by atoms with Crippen molar-refractivity contribution in [2.24, 2.45) is 17.6 Å². The Morgan fingerprint density at radius 1 is 1.32 bits per heavy atom. The summed E-state index contributed by atoms with van der Waals surface area (Å²) in [6.07, 6.45) is 1.40. The van der Waals surface area contributed by atoms with Crippen LogP contribution < -0.4 is 11.1 Å². The summed E-state index contributed by atoms with van der Waals surface area (Å²) in [7, 11) is 0. The summed E-state index contributed by atoms with van der Waals surface area (Å²) in [6.45, 7) is 3.46. The molecule has 0 saturated carbocycles. The normalized spacial score (nSPS) is 17.1. The minimum Gasteiger partial charge on any atom is -0.342 e. The van der Waals surface area contributed by atoms with Gasteiger partial charge in [0.25, 0.3) is 0 Å². The molecule has 22 heavy (non-hydrogen) atoms. The van der Waals surface area contributed by atoms with E-state index >= 15 is 0 Å². The lowest BCUT2D eigenvalue weighted by Crippen LogP contribution is -2.44. The van der Waals surface area contributed by atoms with Crippen LogP contribution in [0.25, 0.3) is 0 Å². The van der Waals surface area contributed by atoms with Crippen LogP contribution in [-0.2, 0) is 9.59 Å². The molecular weight excluding hydrogens is 346 g/mol. The van der Waals surface area contributed by atoms with Crippen LogP contribution >= 0.6 is 15.9 Å². The first-order valence-corrected chi connectivity index (χ1v) is 8.36. The Hall–Kier alpha value is -1.40. The summed E-state index contributed by atoms with van der Waals surface area (Å²) in [5.41, 5.74) is 6.33. The molecule has 1 heterocycles. The molecule has 5 nitrogen and oxygen atoms in total. The fraction of sp³-hybridized carbons (Fsp3) is 0.500. The number of carbonyl (C=O) groups is 2. The molecule has 0 spiro atoms. The second kappa shape index (κ2) is 7.74. The first-order valence-electron chi connectivity index (χ1n) is 7.56. The fourth-order valence-electron chi connectivity index (χ4n) is 2.55. The maximum absolute atomic E-state index is 12.3. The zero-order valence-electron chi connectivity index (χ0n) is 12.7. The van der Waals surface area contributed by atoms with E-state index in [1.165, 1.54) is 0 Å². The zero-order chi connectivity index (χ0) is 16.1. The van der Waals surface area contributed by atoms with E-state index in [1.54, 1.807) is 0 Å². The van der Waals surface area contributed by atoms with Gasteiger partial charge >= 0.3 is 0 Å². The van der Waals surface area contributed by atoms with E-state index in [9.17, 15) is 9.59 Å². The number of anilines is 1. The van der Waals surface area contributed by atoms with Gasteiger partial charge in [-0.2, -0.15) is 0 Å². The molecule has 2 amide bonds. The van der Waals surface area contributed by atoms with Gasteiger partial charge in [-0.05, 0) is 37.1 Å². The minimum absolute atomic E-state index is 0.0290. The van der Waals surface area contributed by atoms with Crippen molar-refractivity contribution in [2.75, 3.05) is 25.0 Å². The number of nitrogens with zero attached hydrogens (tertiary/aromatic N) is 1. The van der Waals surface area contributed by atoms with Crippen molar-refractivity contribution in [1.29, 1.82) is 0 Å². The van der Waals surface area contributed by atoms with Crippen molar-refractivity contribution in [3.8, 4) is 0 Å². The van der Waals surface area contributed by atoms with E-state index in [2.05, 4.69) is 21.2 Å². The van der Waals surface area contributed by atoms with Crippen molar-refractivity contribution in [1.82, 2.24) is 4.90 Å². The number of piperidine rings is 1. The van der Waals surface area contributed by atoms with Gasteiger partial charge < -0.3 is 16.0 Å². The number of hydrogen-bond donors (Lipinski definition) is 2. The summed E-state index contributed by atoms with van der Waals surface area (Å²) in [5, 5.41) is 2.93. The van der Waals surface area contributed by atoms with Crippen LogP contribution in [0.1, 0.15) is 19.8 Å². The van der Waals surface area contributed by atoms with Crippen LogP contribution in [0.15, 0.2) is 28.7 Å². The molecule has 1 saturated heterocycles. The maximum Gasteiger partial charge on any atom is 0.227 e. The van der Waals surface area contributed by atoms with Gasteiger partial charge in [0.05, 0.1) is 0 Å². The van der Waals surface area contributed by atoms with E-state index in [0.29, 0.717) is 32.5 Å². The number of hydrogen-bond acceptors (Lipinski definition) is 3. The summed E-state index contributed by atoms with van der Waals surface area (Å²) < 4.78 is 0.978. The quantitative estimate of drug-likeness (QED) is 0.856. The van der Waals surface area contributed by atoms with Gasteiger partial charge in [0.2, 0.25) is 11.8 Å². The van der Waals surface area contributed by atoms with Gasteiger partial charge in [0, 0.05) is 41.6 Å². The number of nitrogens with one attached hydrogen (secondary N) is 1. The Labute approximate surface area is 139 Å². The van der Waals surface area contributed by atoms with E-state index in [1.807, 2.05) is 36.1 Å². The predicted octanol–water partition coefficient (Wildman–Crippen LogP) is 2.22. The second-order valence-electron chi connectivity index (χ2n) is 5.73. The number of benzene rings is 1. The fourth-order valence-corrected chi connectivity index (χ4v) is 2.82. The Bertz CT molecular complexity index is 525. The summed E-state index contributed by atoms with van der Waals surface area (Å²) >= 11 is 3.37.